The zero-order valence-corrected chi connectivity index (χ0v) is 17.1. The molecule has 0 radical (unpaired) electrons. The smallest absolute Gasteiger partial charge is 0.161 e. The maximum Gasteiger partial charge on any atom is 0.161 e. The van der Waals surface area contributed by atoms with Gasteiger partial charge in [0, 0.05) is 6.54 Å². The van der Waals surface area contributed by atoms with E-state index in [2.05, 4.69) is 31.3 Å². The topological polar surface area (TPSA) is 60.0 Å². The molecule has 3 aliphatic carbocycles. The Balaban J connectivity index is 1.11. The van der Waals surface area contributed by atoms with Crippen LogP contribution in [0.2, 0.25) is 0 Å². The molecule has 4 aliphatic rings. The molecule has 1 aromatic rings. The van der Waals surface area contributed by atoms with Gasteiger partial charge in [-0.2, -0.15) is 0 Å². The summed E-state index contributed by atoms with van der Waals surface area (Å²) in [4.78, 5) is 0. The third-order valence-corrected chi connectivity index (χ3v) is 6.74. The number of nitrogens with one attached hydrogen (secondary N) is 1. The second-order valence-electron chi connectivity index (χ2n) is 8.92. The van der Waals surface area contributed by atoms with E-state index in [-0.39, 0.29) is 0 Å². The molecule has 0 aromatic heterocycles. The van der Waals surface area contributed by atoms with Gasteiger partial charge in [0.05, 0.1) is 19.3 Å². The van der Waals surface area contributed by atoms with Crippen LogP contribution in [-0.4, -0.2) is 50.7 Å². The Hall–Kier alpha value is -1.56. The van der Waals surface area contributed by atoms with Gasteiger partial charge in [-0.1, -0.05) is 26.0 Å². The van der Waals surface area contributed by atoms with E-state index in [1.54, 1.807) is 0 Å². The summed E-state index contributed by atoms with van der Waals surface area (Å²) < 4.78 is 17.0. The molecule has 3 atom stereocenters. The van der Waals surface area contributed by atoms with Crippen LogP contribution in [0.15, 0.2) is 29.8 Å². The van der Waals surface area contributed by atoms with E-state index in [4.69, 9.17) is 14.2 Å². The van der Waals surface area contributed by atoms with Crippen molar-refractivity contribution in [3.05, 3.63) is 35.4 Å². The largest absolute Gasteiger partial charge is 0.486 e. The number of benzene rings is 1. The van der Waals surface area contributed by atoms with Crippen LogP contribution >= 0.6 is 0 Å². The minimum atomic E-state index is -0.480. The molecule has 2 N–H and O–H groups in total. The number of ether oxygens (including phenoxy) is 3. The van der Waals surface area contributed by atoms with Crippen LogP contribution in [0.3, 0.4) is 0 Å². The predicted molar refractivity (Wildman–Crippen MR) is 109 cm³/mol. The summed E-state index contributed by atoms with van der Waals surface area (Å²) in [5.41, 5.74) is 3.07. The molecular formula is C23H33NO4. The Labute approximate surface area is 168 Å². The predicted octanol–water partition coefficient (Wildman–Crippen LogP) is 2.96. The van der Waals surface area contributed by atoms with Crippen molar-refractivity contribution in [1.29, 1.82) is 0 Å². The van der Waals surface area contributed by atoms with E-state index >= 15 is 0 Å². The third-order valence-electron chi connectivity index (χ3n) is 6.74. The molecule has 1 heterocycles. The second-order valence-corrected chi connectivity index (χ2v) is 8.92. The van der Waals surface area contributed by atoms with Gasteiger partial charge in [-0.15, -0.1) is 0 Å². The van der Waals surface area contributed by atoms with E-state index < -0.39 is 6.10 Å². The fourth-order valence-corrected chi connectivity index (χ4v) is 4.76. The van der Waals surface area contributed by atoms with Gasteiger partial charge in [0.2, 0.25) is 0 Å². The fourth-order valence-electron chi connectivity index (χ4n) is 4.76. The lowest BCUT2D eigenvalue weighted by molar-refractivity contribution is -0.0235. The van der Waals surface area contributed by atoms with Crippen LogP contribution in [0.25, 0.3) is 0 Å². The summed E-state index contributed by atoms with van der Waals surface area (Å²) in [6.45, 7) is 8.36. The van der Waals surface area contributed by atoms with E-state index in [0.29, 0.717) is 44.3 Å². The summed E-state index contributed by atoms with van der Waals surface area (Å²) in [5, 5.41) is 13.5. The van der Waals surface area contributed by atoms with Crippen LogP contribution in [0.4, 0.5) is 0 Å². The van der Waals surface area contributed by atoms with E-state index in [0.717, 1.165) is 30.4 Å². The monoisotopic (exact) mass is 387 g/mol. The van der Waals surface area contributed by atoms with Crippen molar-refractivity contribution in [2.75, 3.05) is 39.5 Å². The van der Waals surface area contributed by atoms with E-state index in [9.17, 15) is 5.11 Å². The Morgan fingerprint density at radius 1 is 1.25 bits per heavy atom. The van der Waals surface area contributed by atoms with Crippen molar-refractivity contribution in [3.63, 3.8) is 0 Å². The molecular weight excluding hydrogens is 354 g/mol. The molecule has 0 amide bonds. The zero-order valence-electron chi connectivity index (χ0n) is 17.1. The van der Waals surface area contributed by atoms with Gasteiger partial charge in [-0.3, -0.25) is 0 Å². The molecule has 5 heteroatoms. The first-order valence-electron chi connectivity index (χ1n) is 10.6. The van der Waals surface area contributed by atoms with Gasteiger partial charge >= 0.3 is 0 Å². The van der Waals surface area contributed by atoms with Crippen molar-refractivity contribution in [2.45, 2.75) is 39.2 Å². The molecule has 5 rings (SSSR count). The number of allylic oxidation sites excluding steroid dienone is 1. The summed E-state index contributed by atoms with van der Waals surface area (Å²) in [6, 6.07) is 6.08. The highest BCUT2D eigenvalue weighted by molar-refractivity contribution is 5.43. The summed E-state index contributed by atoms with van der Waals surface area (Å²) >= 11 is 0. The molecule has 1 saturated carbocycles. The lowest BCUT2D eigenvalue weighted by atomic mass is 9.49. The maximum atomic E-state index is 10.2. The molecule has 1 aliphatic heterocycles. The number of fused-ring (bicyclic) bond motifs is 2. The van der Waals surface area contributed by atoms with Crippen LogP contribution in [0, 0.1) is 17.3 Å². The standard InChI is InChI=1S/C23H33NO4/c1-23(2)18-5-4-17(20(23)12-18)14-26-15-19(25)13-24-8-7-16-3-6-21-22(11-16)28-10-9-27-21/h3-4,6,11,18-20,24-25H,5,7-10,12-15H2,1-2H3/t18-,19+,20-/m1/s1. The lowest BCUT2D eigenvalue weighted by Crippen LogP contribution is -2.48. The lowest BCUT2D eigenvalue weighted by Gasteiger charge is -2.56. The molecule has 28 heavy (non-hydrogen) atoms. The highest BCUT2D eigenvalue weighted by Crippen LogP contribution is 2.59. The Kier molecular flexibility index (Phi) is 5.95. The SMILES string of the molecule is CC1(C)[C@@H]2CC=C(COC[C@@H](O)CNCCc3ccc4c(c3)OCCO4)[C@H]1C2. The maximum absolute atomic E-state index is 10.2. The molecule has 1 fully saturated rings. The highest BCUT2D eigenvalue weighted by Gasteiger charge is 2.50. The number of aliphatic hydroxyl groups excluding tert-OH is 1. The molecule has 5 nitrogen and oxygen atoms in total. The van der Waals surface area contributed by atoms with Crippen LogP contribution in [0.1, 0.15) is 32.3 Å². The van der Waals surface area contributed by atoms with Crippen molar-refractivity contribution in [2.24, 2.45) is 17.3 Å². The molecule has 0 unspecified atom stereocenters. The summed E-state index contributed by atoms with van der Waals surface area (Å²) in [6.07, 6.45) is 5.27. The molecule has 2 bridgehead atoms. The molecule has 1 aromatic carbocycles. The Morgan fingerprint density at radius 2 is 2.07 bits per heavy atom. The van der Waals surface area contributed by atoms with Crippen molar-refractivity contribution in [1.82, 2.24) is 5.32 Å². The van der Waals surface area contributed by atoms with Crippen molar-refractivity contribution in [3.8, 4) is 11.5 Å². The van der Waals surface area contributed by atoms with Gasteiger partial charge in [0.15, 0.2) is 11.5 Å². The van der Waals surface area contributed by atoms with Crippen LogP contribution < -0.4 is 14.8 Å². The molecule has 0 spiro atoms. The van der Waals surface area contributed by atoms with Gasteiger partial charge in [-0.25, -0.2) is 0 Å². The van der Waals surface area contributed by atoms with Crippen molar-refractivity contribution < 1.29 is 19.3 Å². The molecule has 154 valence electrons. The molecule has 0 saturated heterocycles. The van der Waals surface area contributed by atoms with Gasteiger partial charge < -0.3 is 24.6 Å². The first-order valence-corrected chi connectivity index (χ1v) is 10.6. The quantitative estimate of drug-likeness (QED) is 0.504. The van der Waals surface area contributed by atoms with E-state index in [1.165, 1.54) is 24.0 Å². The fraction of sp³-hybridized carbons (Fsp3) is 0.652. The normalized spacial score (nSPS) is 25.6. The number of hydrogen-bond donors (Lipinski definition) is 2. The van der Waals surface area contributed by atoms with Gasteiger partial charge in [0.25, 0.3) is 0 Å². The average molecular weight is 388 g/mol. The minimum Gasteiger partial charge on any atom is -0.486 e. The summed E-state index contributed by atoms with van der Waals surface area (Å²) in [5.74, 6) is 3.18. The third kappa shape index (κ3) is 4.22. The first-order chi connectivity index (χ1) is 13.5. The van der Waals surface area contributed by atoms with Crippen LogP contribution in [-0.2, 0) is 11.2 Å². The number of aliphatic hydroxyl groups is 1. The first kappa shape index (κ1) is 19.7. The number of hydrogen-bond acceptors (Lipinski definition) is 5. The Bertz CT molecular complexity index is 715. The summed E-state index contributed by atoms with van der Waals surface area (Å²) in [7, 11) is 0. The second kappa shape index (κ2) is 8.44. The minimum absolute atomic E-state index is 0.380. The Morgan fingerprint density at radius 3 is 2.86 bits per heavy atom. The zero-order chi connectivity index (χ0) is 19.6. The van der Waals surface area contributed by atoms with Crippen LogP contribution in [0.5, 0.6) is 11.5 Å². The number of rotatable bonds is 9. The van der Waals surface area contributed by atoms with Gasteiger partial charge in [0.1, 0.15) is 13.2 Å². The van der Waals surface area contributed by atoms with E-state index in [1.807, 2.05) is 12.1 Å². The van der Waals surface area contributed by atoms with Crippen molar-refractivity contribution >= 4 is 0 Å². The average Bonchev–Trinajstić information content (AvgIpc) is 2.71. The highest BCUT2D eigenvalue weighted by atomic mass is 16.6. The van der Waals surface area contributed by atoms with Gasteiger partial charge in [-0.05, 0) is 66.3 Å².